The Bertz CT molecular complexity index is 497. The first-order chi connectivity index (χ1) is 14.6. The molecule has 0 aromatic rings. The smallest absolute Gasteiger partial charge is 0.387 e. The molecule has 0 radical (unpaired) electrons. The van der Waals surface area contributed by atoms with Crippen molar-refractivity contribution in [2.45, 2.75) is 96.1 Å². The number of unbranched alkanes of at least 4 members (excludes halogenated alkanes) is 11. The van der Waals surface area contributed by atoms with Crippen LogP contribution in [0.1, 0.15) is 84.0 Å². The highest BCUT2D eigenvalue weighted by atomic mass is 31.2. The second kappa shape index (κ2) is 18.2. The zero-order valence-electron chi connectivity index (χ0n) is 20.5. The standard InChI is InChI=1S/C23H49N2O5P/c1-5-6-7-8-9-10-11-12-13-14-15-16-17-18-23(26)22(24)21-30-31(27,28)29-20-19-25(2,3)4/h17-18,22-23,26H,5-16,19-21,24H2,1-4H3/p+1/t22-,23+/m1/s1. The van der Waals surface area contributed by atoms with E-state index in [2.05, 4.69) is 6.92 Å². The second-order valence-corrected chi connectivity index (χ2v) is 11.0. The minimum atomic E-state index is -4.16. The van der Waals surface area contributed by atoms with E-state index < -0.39 is 20.0 Å². The molecule has 0 aliphatic rings. The third-order valence-corrected chi connectivity index (χ3v) is 6.18. The molecule has 3 atom stereocenters. The van der Waals surface area contributed by atoms with Gasteiger partial charge in [-0.25, -0.2) is 4.57 Å². The summed E-state index contributed by atoms with van der Waals surface area (Å²) < 4.78 is 22.3. The minimum absolute atomic E-state index is 0.105. The summed E-state index contributed by atoms with van der Waals surface area (Å²) in [6, 6.07) is -0.781. The van der Waals surface area contributed by atoms with Crippen molar-refractivity contribution in [1.82, 2.24) is 0 Å². The average Bonchev–Trinajstić information content (AvgIpc) is 2.68. The fourth-order valence-electron chi connectivity index (χ4n) is 3.05. The monoisotopic (exact) mass is 465 g/mol. The highest BCUT2D eigenvalue weighted by Crippen LogP contribution is 2.43. The summed E-state index contributed by atoms with van der Waals surface area (Å²) in [6.45, 7) is 2.68. The van der Waals surface area contributed by atoms with E-state index in [-0.39, 0.29) is 13.2 Å². The van der Waals surface area contributed by atoms with Gasteiger partial charge < -0.3 is 20.2 Å². The van der Waals surface area contributed by atoms with Crippen molar-refractivity contribution in [2.75, 3.05) is 40.9 Å². The van der Waals surface area contributed by atoms with E-state index in [1.807, 2.05) is 27.2 Å². The number of hydrogen-bond donors (Lipinski definition) is 3. The van der Waals surface area contributed by atoms with Gasteiger partial charge >= 0.3 is 7.82 Å². The number of allylic oxidation sites excluding steroid dienone is 1. The first-order valence-corrected chi connectivity index (χ1v) is 13.6. The van der Waals surface area contributed by atoms with E-state index in [1.54, 1.807) is 6.08 Å². The lowest BCUT2D eigenvalue weighted by Gasteiger charge is -2.24. The summed E-state index contributed by atoms with van der Waals surface area (Å²) in [5.41, 5.74) is 5.85. The number of aliphatic hydroxyl groups is 1. The summed E-state index contributed by atoms with van der Waals surface area (Å²) in [5.74, 6) is 0. The second-order valence-electron chi connectivity index (χ2n) is 9.52. The number of nitrogens with zero attached hydrogens (tertiary/aromatic N) is 1. The van der Waals surface area contributed by atoms with Crippen LogP contribution in [-0.4, -0.2) is 67.5 Å². The fraction of sp³-hybridized carbons (Fsp3) is 0.913. The van der Waals surface area contributed by atoms with Crippen LogP contribution >= 0.6 is 7.82 Å². The third-order valence-electron chi connectivity index (χ3n) is 5.19. The Balaban J connectivity index is 3.74. The van der Waals surface area contributed by atoms with Crippen molar-refractivity contribution < 1.29 is 28.1 Å². The Hall–Kier alpha value is -0.270. The molecule has 0 rings (SSSR count). The molecular formula is C23H50N2O5P+. The number of phosphoric acid groups is 1. The normalized spacial score (nSPS) is 16.5. The molecule has 0 aromatic carbocycles. The Kier molecular flexibility index (Phi) is 18.0. The number of phosphoric ester groups is 1. The summed E-state index contributed by atoms with van der Waals surface area (Å²) in [7, 11) is 1.72. The van der Waals surface area contributed by atoms with Gasteiger partial charge in [0.05, 0.1) is 39.9 Å². The molecule has 7 nitrogen and oxygen atoms in total. The summed E-state index contributed by atoms with van der Waals surface area (Å²) in [5, 5.41) is 10.1. The average molecular weight is 466 g/mol. The third kappa shape index (κ3) is 21.3. The number of aliphatic hydroxyl groups excluding tert-OH is 1. The molecule has 0 spiro atoms. The number of rotatable bonds is 21. The fourth-order valence-corrected chi connectivity index (χ4v) is 3.80. The van der Waals surface area contributed by atoms with Gasteiger partial charge in [-0.3, -0.25) is 9.05 Å². The largest absolute Gasteiger partial charge is 0.472 e. The lowest BCUT2D eigenvalue weighted by atomic mass is 10.0. The molecule has 0 aliphatic heterocycles. The maximum Gasteiger partial charge on any atom is 0.472 e. The number of hydrogen-bond acceptors (Lipinski definition) is 5. The molecule has 0 saturated heterocycles. The van der Waals surface area contributed by atoms with Crippen molar-refractivity contribution in [3.63, 3.8) is 0 Å². The van der Waals surface area contributed by atoms with Gasteiger partial charge in [-0.1, -0.05) is 83.3 Å². The Morgan fingerprint density at radius 1 is 0.935 bits per heavy atom. The van der Waals surface area contributed by atoms with Gasteiger partial charge in [-0.2, -0.15) is 0 Å². The molecule has 0 bridgehead atoms. The van der Waals surface area contributed by atoms with Gasteiger partial charge in [0.25, 0.3) is 0 Å². The zero-order valence-corrected chi connectivity index (χ0v) is 21.4. The Morgan fingerprint density at radius 3 is 1.97 bits per heavy atom. The highest BCUT2D eigenvalue weighted by molar-refractivity contribution is 7.47. The van der Waals surface area contributed by atoms with Gasteiger partial charge in [0.1, 0.15) is 13.2 Å². The van der Waals surface area contributed by atoms with Gasteiger partial charge in [0.2, 0.25) is 0 Å². The van der Waals surface area contributed by atoms with Crippen LogP contribution in [0.4, 0.5) is 0 Å². The lowest BCUT2D eigenvalue weighted by molar-refractivity contribution is -0.870. The van der Waals surface area contributed by atoms with Crippen molar-refractivity contribution in [2.24, 2.45) is 5.73 Å². The molecule has 1 unspecified atom stereocenters. The topological polar surface area (TPSA) is 102 Å². The molecule has 8 heteroatoms. The maximum atomic E-state index is 11.9. The molecule has 4 N–H and O–H groups in total. The number of likely N-dealkylation sites (N-methyl/N-ethyl adjacent to an activating group) is 1. The van der Waals surface area contributed by atoms with Crippen LogP contribution in [0.5, 0.6) is 0 Å². The van der Waals surface area contributed by atoms with Gasteiger partial charge in [0, 0.05) is 0 Å². The van der Waals surface area contributed by atoms with Crippen LogP contribution < -0.4 is 5.73 Å². The molecule has 0 saturated carbocycles. The lowest BCUT2D eigenvalue weighted by Crippen LogP contribution is -2.38. The molecular weight excluding hydrogens is 415 g/mol. The molecule has 31 heavy (non-hydrogen) atoms. The van der Waals surface area contributed by atoms with E-state index in [9.17, 15) is 14.6 Å². The predicted octanol–water partition coefficient (Wildman–Crippen LogP) is 4.77. The number of quaternary nitrogens is 1. The molecule has 0 aliphatic carbocycles. The molecule has 186 valence electrons. The van der Waals surface area contributed by atoms with E-state index >= 15 is 0 Å². The van der Waals surface area contributed by atoms with Crippen LogP contribution in [0.3, 0.4) is 0 Å². The first-order valence-electron chi connectivity index (χ1n) is 12.1. The molecule has 0 fully saturated rings. The van der Waals surface area contributed by atoms with Gasteiger partial charge in [-0.15, -0.1) is 0 Å². The quantitative estimate of drug-likeness (QED) is 0.0977. The summed E-state index contributed by atoms with van der Waals surface area (Å²) in [6.07, 6.45) is 17.9. The maximum absolute atomic E-state index is 11.9. The van der Waals surface area contributed by atoms with Crippen molar-refractivity contribution >= 4 is 7.82 Å². The SMILES string of the molecule is CCCCCCCCCCCCCC=C[C@H](O)[C@H](N)COP(=O)(O)OCC[N+](C)(C)C. The summed E-state index contributed by atoms with van der Waals surface area (Å²) >= 11 is 0. The summed E-state index contributed by atoms with van der Waals surface area (Å²) in [4.78, 5) is 9.69. The van der Waals surface area contributed by atoms with Crippen LogP contribution in [0.2, 0.25) is 0 Å². The van der Waals surface area contributed by atoms with Crippen molar-refractivity contribution in [3.8, 4) is 0 Å². The van der Waals surface area contributed by atoms with E-state index in [1.165, 1.54) is 64.2 Å². The first kappa shape index (κ1) is 30.7. The molecule has 0 heterocycles. The molecule has 0 amide bonds. The van der Waals surface area contributed by atoms with E-state index in [0.29, 0.717) is 11.0 Å². The van der Waals surface area contributed by atoms with Crippen LogP contribution in [0.15, 0.2) is 12.2 Å². The van der Waals surface area contributed by atoms with E-state index in [0.717, 1.165) is 12.8 Å². The predicted molar refractivity (Wildman–Crippen MR) is 129 cm³/mol. The minimum Gasteiger partial charge on any atom is -0.387 e. The molecule has 0 aromatic heterocycles. The Labute approximate surface area is 191 Å². The van der Waals surface area contributed by atoms with Gasteiger partial charge in [0.15, 0.2) is 0 Å². The highest BCUT2D eigenvalue weighted by Gasteiger charge is 2.25. The van der Waals surface area contributed by atoms with E-state index in [4.69, 9.17) is 14.8 Å². The van der Waals surface area contributed by atoms with Crippen LogP contribution in [0, 0.1) is 0 Å². The van der Waals surface area contributed by atoms with Gasteiger partial charge in [-0.05, 0) is 12.8 Å². The van der Waals surface area contributed by atoms with Crippen molar-refractivity contribution in [3.05, 3.63) is 12.2 Å². The zero-order chi connectivity index (χ0) is 23.6. The van der Waals surface area contributed by atoms with Crippen LogP contribution in [-0.2, 0) is 13.6 Å². The number of nitrogens with two attached hydrogens (primary N) is 1. The van der Waals surface area contributed by atoms with Crippen LogP contribution in [0.25, 0.3) is 0 Å². The van der Waals surface area contributed by atoms with Crippen molar-refractivity contribution in [1.29, 1.82) is 0 Å². The Morgan fingerprint density at radius 2 is 1.45 bits per heavy atom.